The fourth-order valence-corrected chi connectivity index (χ4v) is 3.29. The molecule has 0 unspecified atom stereocenters. The first kappa shape index (κ1) is 19.6. The van der Waals surface area contributed by atoms with E-state index in [9.17, 15) is 4.39 Å². The van der Waals surface area contributed by atoms with Gasteiger partial charge in [0, 0.05) is 17.3 Å². The number of halogens is 1. The third kappa shape index (κ3) is 4.00. The molecule has 2 aromatic heterocycles. The molecule has 30 heavy (non-hydrogen) atoms. The van der Waals surface area contributed by atoms with Crippen LogP contribution in [-0.4, -0.2) is 26.9 Å². The number of hydrogen-bond acceptors (Lipinski definition) is 5. The van der Waals surface area contributed by atoms with E-state index in [4.69, 9.17) is 4.74 Å². The Morgan fingerprint density at radius 3 is 2.57 bits per heavy atom. The second-order valence-corrected chi connectivity index (χ2v) is 7.00. The van der Waals surface area contributed by atoms with E-state index < -0.39 is 0 Å². The highest BCUT2D eigenvalue weighted by molar-refractivity contribution is 5.65. The van der Waals surface area contributed by atoms with Gasteiger partial charge in [-0.3, -0.25) is 0 Å². The van der Waals surface area contributed by atoms with Gasteiger partial charge in [-0.25, -0.2) is 9.37 Å². The molecule has 0 aliphatic carbocycles. The van der Waals surface area contributed by atoms with Crippen LogP contribution in [-0.2, 0) is 0 Å². The number of aromatic nitrogens is 4. The number of nitrogens with one attached hydrogen (secondary N) is 1. The Kier molecular flexibility index (Phi) is 5.43. The molecule has 4 aromatic rings. The second kappa shape index (κ2) is 8.32. The van der Waals surface area contributed by atoms with E-state index in [1.807, 2.05) is 61.0 Å². The van der Waals surface area contributed by atoms with E-state index in [1.165, 1.54) is 6.07 Å². The quantitative estimate of drug-likeness (QED) is 0.493. The number of aryl methyl sites for hydroxylation is 1. The van der Waals surface area contributed by atoms with Crippen LogP contribution in [0.3, 0.4) is 0 Å². The summed E-state index contributed by atoms with van der Waals surface area (Å²) in [6, 6.07) is 16.0. The molecule has 2 aromatic carbocycles. The van der Waals surface area contributed by atoms with Crippen molar-refractivity contribution < 1.29 is 9.13 Å². The third-order valence-corrected chi connectivity index (χ3v) is 4.87. The molecule has 0 radical (unpaired) electrons. The first-order valence-electron chi connectivity index (χ1n) is 9.59. The summed E-state index contributed by atoms with van der Waals surface area (Å²) < 4.78 is 21.4. The van der Waals surface area contributed by atoms with Crippen LogP contribution in [0.5, 0.6) is 5.75 Å². The van der Waals surface area contributed by atoms with Crippen LogP contribution in [0.25, 0.3) is 16.9 Å². The molecule has 0 saturated carbocycles. The van der Waals surface area contributed by atoms with Gasteiger partial charge in [0.1, 0.15) is 17.4 Å². The molecule has 0 fully saturated rings. The summed E-state index contributed by atoms with van der Waals surface area (Å²) in [5.74, 6) is 1.04. The maximum atomic E-state index is 14.0. The average molecular weight is 403 g/mol. The van der Waals surface area contributed by atoms with Crippen molar-refractivity contribution in [2.75, 3.05) is 12.4 Å². The van der Waals surface area contributed by atoms with Crippen molar-refractivity contribution >= 4 is 5.82 Å². The topological polar surface area (TPSA) is 64.9 Å². The molecule has 0 aliphatic rings. The van der Waals surface area contributed by atoms with E-state index in [1.54, 1.807) is 25.6 Å². The lowest BCUT2D eigenvalue weighted by Crippen LogP contribution is -2.10. The molecule has 0 amide bonds. The van der Waals surface area contributed by atoms with E-state index in [0.29, 0.717) is 22.8 Å². The lowest BCUT2D eigenvalue weighted by atomic mass is 10.1. The Labute approximate surface area is 174 Å². The predicted molar refractivity (Wildman–Crippen MR) is 114 cm³/mol. The molecule has 6 nitrogen and oxygen atoms in total. The van der Waals surface area contributed by atoms with E-state index in [0.717, 1.165) is 16.9 Å². The molecule has 0 aliphatic heterocycles. The minimum absolute atomic E-state index is 0.232. The number of hydrogen-bond donors (Lipinski definition) is 1. The van der Waals surface area contributed by atoms with Crippen molar-refractivity contribution in [3.63, 3.8) is 0 Å². The van der Waals surface area contributed by atoms with Gasteiger partial charge in [0.2, 0.25) is 0 Å². The first-order valence-corrected chi connectivity index (χ1v) is 9.59. The van der Waals surface area contributed by atoms with Crippen LogP contribution >= 0.6 is 0 Å². The van der Waals surface area contributed by atoms with Crippen molar-refractivity contribution in [1.82, 2.24) is 19.7 Å². The molecule has 1 atom stereocenters. The lowest BCUT2D eigenvalue weighted by molar-refractivity contribution is 0.413. The van der Waals surface area contributed by atoms with E-state index >= 15 is 0 Å². The number of methoxy groups -OCH3 is 1. The zero-order chi connectivity index (χ0) is 21.1. The summed E-state index contributed by atoms with van der Waals surface area (Å²) in [6.07, 6.45) is 3.69. The zero-order valence-corrected chi connectivity index (χ0v) is 17.0. The monoisotopic (exact) mass is 403 g/mol. The van der Waals surface area contributed by atoms with Gasteiger partial charge in [0.25, 0.3) is 0 Å². The van der Waals surface area contributed by atoms with Gasteiger partial charge >= 0.3 is 0 Å². The summed E-state index contributed by atoms with van der Waals surface area (Å²) >= 11 is 0. The Hall–Kier alpha value is -3.74. The van der Waals surface area contributed by atoms with Crippen LogP contribution in [0.4, 0.5) is 10.2 Å². The molecule has 0 saturated heterocycles. The van der Waals surface area contributed by atoms with Crippen LogP contribution in [0.1, 0.15) is 24.2 Å². The second-order valence-electron chi connectivity index (χ2n) is 7.00. The molecule has 1 N–H and O–H groups in total. The fraction of sp³-hybridized carbons (Fsp3) is 0.174. The highest BCUT2D eigenvalue weighted by Crippen LogP contribution is 2.29. The lowest BCUT2D eigenvalue weighted by Gasteiger charge is -2.15. The number of rotatable bonds is 6. The smallest absolute Gasteiger partial charge is 0.149 e. The van der Waals surface area contributed by atoms with Crippen LogP contribution in [0.2, 0.25) is 0 Å². The van der Waals surface area contributed by atoms with Crippen LogP contribution in [0.15, 0.2) is 67.1 Å². The van der Waals surface area contributed by atoms with Gasteiger partial charge in [-0.2, -0.15) is 0 Å². The predicted octanol–water partition coefficient (Wildman–Crippen LogP) is 4.96. The van der Waals surface area contributed by atoms with Gasteiger partial charge in [-0.05, 0) is 44.2 Å². The normalized spacial score (nSPS) is 11.9. The standard InChI is InChI=1S/C23H22FN5O/c1-15-13-29(14-25-15)21-10-8-17(12-22(21)30-3)20-9-11-23(28-27-20)26-16(2)18-6-4-5-7-19(18)24/h4-14,16H,1-3H3,(H,26,28)/t16-/m0/s1. The number of imidazole rings is 1. The summed E-state index contributed by atoms with van der Waals surface area (Å²) in [5.41, 5.74) is 4.00. The fourth-order valence-electron chi connectivity index (χ4n) is 3.29. The van der Waals surface area contributed by atoms with Crippen molar-refractivity contribution in [2.24, 2.45) is 0 Å². The first-order chi connectivity index (χ1) is 14.5. The minimum atomic E-state index is -0.248. The Morgan fingerprint density at radius 1 is 1.07 bits per heavy atom. The van der Waals surface area contributed by atoms with Gasteiger partial charge in [-0.15, -0.1) is 10.2 Å². The highest BCUT2D eigenvalue weighted by Gasteiger charge is 2.12. The van der Waals surface area contributed by atoms with Crippen LogP contribution in [0, 0.1) is 12.7 Å². The SMILES string of the molecule is COc1cc(-c2ccc(N[C@@H](C)c3ccccc3F)nn2)ccc1-n1cnc(C)c1. The summed E-state index contributed by atoms with van der Waals surface area (Å²) in [4.78, 5) is 4.26. The Balaban J connectivity index is 1.54. The molecule has 4 rings (SSSR count). The number of benzene rings is 2. The molecular formula is C23H22FN5O. The highest BCUT2D eigenvalue weighted by atomic mass is 19.1. The number of ether oxygens (including phenoxy) is 1. The largest absolute Gasteiger partial charge is 0.495 e. The van der Waals surface area contributed by atoms with Crippen molar-refractivity contribution in [3.05, 3.63) is 84.2 Å². The third-order valence-electron chi connectivity index (χ3n) is 4.87. The minimum Gasteiger partial charge on any atom is -0.495 e. The molecule has 152 valence electrons. The van der Waals surface area contributed by atoms with Gasteiger partial charge in [0.05, 0.1) is 36.6 Å². The molecule has 0 spiro atoms. The Bertz CT molecular complexity index is 1160. The van der Waals surface area contributed by atoms with E-state index in [-0.39, 0.29) is 11.9 Å². The zero-order valence-electron chi connectivity index (χ0n) is 17.0. The molecule has 2 heterocycles. The van der Waals surface area contributed by atoms with E-state index in [2.05, 4.69) is 20.5 Å². The van der Waals surface area contributed by atoms with Crippen LogP contribution < -0.4 is 10.1 Å². The van der Waals surface area contributed by atoms with Crippen molar-refractivity contribution in [3.8, 4) is 22.7 Å². The molecule has 0 bridgehead atoms. The maximum absolute atomic E-state index is 14.0. The average Bonchev–Trinajstić information content (AvgIpc) is 3.20. The van der Waals surface area contributed by atoms with Gasteiger partial charge < -0.3 is 14.6 Å². The van der Waals surface area contributed by atoms with Gasteiger partial charge in [0.15, 0.2) is 0 Å². The summed E-state index contributed by atoms with van der Waals surface area (Å²) in [6.45, 7) is 3.82. The van der Waals surface area contributed by atoms with Crippen molar-refractivity contribution in [1.29, 1.82) is 0 Å². The maximum Gasteiger partial charge on any atom is 0.149 e. The summed E-state index contributed by atoms with van der Waals surface area (Å²) in [7, 11) is 1.63. The molecular weight excluding hydrogens is 381 g/mol. The molecule has 7 heteroatoms. The Morgan fingerprint density at radius 2 is 1.90 bits per heavy atom. The van der Waals surface area contributed by atoms with Crippen molar-refractivity contribution in [2.45, 2.75) is 19.9 Å². The summed E-state index contributed by atoms with van der Waals surface area (Å²) in [5, 5.41) is 11.8. The number of nitrogens with zero attached hydrogens (tertiary/aromatic N) is 4. The number of anilines is 1. The van der Waals surface area contributed by atoms with Gasteiger partial charge in [-0.1, -0.05) is 24.3 Å².